The third kappa shape index (κ3) is 0.715. The van der Waals surface area contributed by atoms with Crippen molar-refractivity contribution < 1.29 is 0 Å². The molecule has 3 aromatic rings. The molecule has 3 heterocycles. The summed E-state index contributed by atoms with van der Waals surface area (Å²) in [6.07, 6.45) is 1.46. The predicted octanol–water partition coefficient (Wildman–Crippen LogP) is -1.41. The van der Waals surface area contributed by atoms with Crippen molar-refractivity contribution in [2.75, 3.05) is 0 Å². The fourth-order valence-electron chi connectivity index (χ4n) is 1.37. The highest BCUT2D eigenvalue weighted by Gasteiger charge is 2.09. The molecule has 0 bridgehead atoms. The van der Waals surface area contributed by atoms with Gasteiger partial charge in [0.1, 0.15) is 0 Å². The minimum atomic E-state index is -0.573. The molecule has 14 heavy (non-hydrogen) atoms. The van der Waals surface area contributed by atoms with Crippen molar-refractivity contribution in [2.24, 2.45) is 0 Å². The Balaban J connectivity index is 2.76. The molecule has 3 rings (SSSR count). The van der Waals surface area contributed by atoms with E-state index in [1.807, 2.05) is 0 Å². The Hall–Kier alpha value is -2.38. The topological polar surface area (TPSA) is 112 Å². The molecule has 3 aromatic heterocycles. The first-order chi connectivity index (χ1) is 6.75. The molecule has 8 heteroatoms. The lowest BCUT2D eigenvalue weighted by Crippen LogP contribution is -2.22. The highest BCUT2D eigenvalue weighted by atomic mass is 16.2. The highest BCUT2D eigenvalue weighted by Crippen LogP contribution is 2.05. The summed E-state index contributed by atoms with van der Waals surface area (Å²) >= 11 is 0. The van der Waals surface area contributed by atoms with E-state index in [0.717, 1.165) is 0 Å². The van der Waals surface area contributed by atoms with Gasteiger partial charge in [0.05, 0.1) is 6.20 Å². The minimum Gasteiger partial charge on any atom is -0.290 e. The van der Waals surface area contributed by atoms with Crippen molar-refractivity contribution in [3.63, 3.8) is 0 Å². The van der Waals surface area contributed by atoms with Crippen LogP contribution in [0.1, 0.15) is 0 Å². The zero-order chi connectivity index (χ0) is 9.71. The van der Waals surface area contributed by atoms with Crippen LogP contribution in [0.15, 0.2) is 15.8 Å². The number of nitrogens with zero attached hydrogens (tertiary/aromatic N) is 3. The van der Waals surface area contributed by atoms with Gasteiger partial charge >= 0.3 is 5.69 Å². The first-order valence-corrected chi connectivity index (χ1v) is 3.80. The second-order valence-electron chi connectivity index (χ2n) is 2.77. The van der Waals surface area contributed by atoms with Crippen LogP contribution in [0.4, 0.5) is 0 Å². The fourth-order valence-corrected chi connectivity index (χ4v) is 1.37. The summed E-state index contributed by atoms with van der Waals surface area (Å²) in [4.78, 5) is 30.8. The van der Waals surface area contributed by atoms with Crippen LogP contribution in [0, 0.1) is 0 Å². The van der Waals surface area contributed by atoms with Crippen LogP contribution >= 0.6 is 0 Å². The van der Waals surface area contributed by atoms with E-state index in [9.17, 15) is 9.59 Å². The normalized spacial score (nSPS) is 11.4. The van der Waals surface area contributed by atoms with Gasteiger partial charge in [-0.05, 0) is 0 Å². The third-order valence-corrected chi connectivity index (χ3v) is 1.92. The summed E-state index contributed by atoms with van der Waals surface area (Å²) in [5.74, 6) is 0. The number of rotatable bonds is 0. The minimum absolute atomic E-state index is 0.243. The number of nitrogens with one attached hydrogen (secondary N) is 3. The predicted molar refractivity (Wildman–Crippen MR) is 46.1 cm³/mol. The van der Waals surface area contributed by atoms with Gasteiger partial charge in [-0.1, -0.05) is 0 Å². The maximum absolute atomic E-state index is 11.4. The molecule has 0 atom stereocenters. The van der Waals surface area contributed by atoms with Gasteiger partial charge in [0, 0.05) is 0 Å². The second kappa shape index (κ2) is 2.10. The molecule has 3 N–H and O–H groups in total. The fraction of sp³-hybridized carbons (Fsp3) is 0. The van der Waals surface area contributed by atoms with Gasteiger partial charge in [-0.3, -0.25) is 14.8 Å². The van der Waals surface area contributed by atoms with Crippen LogP contribution < -0.4 is 11.2 Å². The molecule has 0 fully saturated rings. The van der Waals surface area contributed by atoms with Gasteiger partial charge in [-0.15, -0.1) is 0 Å². The number of hydrogen-bond donors (Lipinski definition) is 3. The lowest BCUT2D eigenvalue weighted by Gasteiger charge is -1.86. The highest BCUT2D eigenvalue weighted by molar-refractivity contribution is 5.74. The van der Waals surface area contributed by atoms with Crippen molar-refractivity contribution in [3.8, 4) is 0 Å². The van der Waals surface area contributed by atoms with Gasteiger partial charge in [-0.25, -0.2) is 19.5 Å². The van der Waals surface area contributed by atoms with Crippen LogP contribution in [0.3, 0.4) is 0 Å². The van der Waals surface area contributed by atoms with Gasteiger partial charge in [0.25, 0.3) is 5.56 Å². The summed E-state index contributed by atoms with van der Waals surface area (Å²) in [5.41, 5.74) is -0.103. The van der Waals surface area contributed by atoms with Crippen LogP contribution in [0.2, 0.25) is 0 Å². The van der Waals surface area contributed by atoms with Crippen molar-refractivity contribution >= 4 is 16.8 Å². The molecule has 0 saturated carbocycles. The molecular weight excluding hydrogens is 188 g/mol. The van der Waals surface area contributed by atoms with E-state index < -0.39 is 11.2 Å². The van der Waals surface area contributed by atoms with E-state index in [1.165, 1.54) is 10.7 Å². The van der Waals surface area contributed by atoms with Crippen molar-refractivity contribution in [2.45, 2.75) is 0 Å². The number of fused-ring (bicyclic) bond motifs is 3. The Morgan fingerprint density at radius 1 is 1.29 bits per heavy atom. The Morgan fingerprint density at radius 2 is 2.14 bits per heavy atom. The second-order valence-corrected chi connectivity index (χ2v) is 2.77. The van der Waals surface area contributed by atoms with Crippen molar-refractivity contribution in [1.82, 2.24) is 29.8 Å². The van der Waals surface area contributed by atoms with E-state index in [-0.39, 0.29) is 11.2 Å². The zero-order valence-electron chi connectivity index (χ0n) is 6.74. The van der Waals surface area contributed by atoms with Gasteiger partial charge in [0.15, 0.2) is 16.8 Å². The lowest BCUT2D eigenvalue weighted by atomic mass is 10.5. The smallest absolute Gasteiger partial charge is 0.290 e. The van der Waals surface area contributed by atoms with E-state index in [2.05, 4.69) is 25.3 Å². The van der Waals surface area contributed by atoms with Crippen LogP contribution in [0.5, 0.6) is 0 Å². The Morgan fingerprint density at radius 3 is 3.00 bits per heavy atom. The van der Waals surface area contributed by atoms with E-state index >= 15 is 0 Å². The van der Waals surface area contributed by atoms with Gasteiger partial charge in [-0.2, -0.15) is 5.10 Å². The van der Waals surface area contributed by atoms with E-state index in [1.54, 1.807) is 0 Å². The molecular formula is C6H4N6O2. The molecule has 8 nitrogen and oxygen atoms in total. The molecule has 0 aliphatic rings. The van der Waals surface area contributed by atoms with Crippen molar-refractivity contribution in [3.05, 3.63) is 27.0 Å². The summed E-state index contributed by atoms with van der Waals surface area (Å²) < 4.78 is 1.39. The van der Waals surface area contributed by atoms with E-state index in [0.29, 0.717) is 5.65 Å². The largest absolute Gasteiger partial charge is 0.327 e. The summed E-state index contributed by atoms with van der Waals surface area (Å²) in [6, 6.07) is 0. The first kappa shape index (κ1) is 7.06. The van der Waals surface area contributed by atoms with Gasteiger partial charge in [0.2, 0.25) is 0 Å². The molecule has 0 unspecified atom stereocenters. The zero-order valence-corrected chi connectivity index (χ0v) is 6.74. The Bertz CT molecular complexity index is 728. The SMILES string of the molecule is O=c1[nH]c(=O)c2c(nc3cn[nH]n32)[nH]1. The molecule has 0 radical (unpaired) electrons. The van der Waals surface area contributed by atoms with E-state index in [4.69, 9.17) is 0 Å². The third-order valence-electron chi connectivity index (χ3n) is 1.92. The quantitative estimate of drug-likeness (QED) is 0.406. The van der Waals surface area contributed by atoms with Crippen molar-refractivity contribution in [1.29, 1.82) is 0 Å². The maximum atomic E-state index is 11.4. The first-order valence-electron chi connectivity index (χ1n) is 3.80. The Labute approximate surface area is 74.6 Å². The number of aromatic nitrogens is 6. The number of hydrogen-bond acceptors (Lipinski definition) is 4. The average molecular weight is 192 g/mol. The standard InChI is InChI=1S/C6H4N6O2/c13-5-3-4(9-6(14)10-5)8-2-1-7-11-12(2)3/h1,11H,(H2,9,10,13,14). The molecule has 0 aliphatic carbocycles. The van der Waals surface area contributed by atoms with Crippen LogP contribution in [0.25, 0.3) is 16.8 Å². The van der Waals surface area contributed by atoms with Crippen LogP contribution in [-0.4, -0.2) is 29.8 Å². The molecule has 0 aliphatic heterocycles. The molecule has 70 valence electrons. The number of aromatic amines is 3. The number of imidazole rings is 1. The number of H-pyrrole nitrogens is 3. The monoisotopic (exact) mass is 192 g/mol. The lowest BCUT2D eigenvalue weighted by molar-refractivity contribution is 0.877. The average Bonchev–Trinajstić information content (AvgIpc) is 2.60. The molecule has 0 amide bonds. The van der Waals surface area contributed by atoms with Crippen LogP contribution in [-0.2, 0) is 0 Å². The summed E-state index contributed by atoms with van der Waals surface area (Å²) in [7, 11) is 0. The maximum Gasteiger partial charge on any atom is 0.327 e. The van der Waals surface area contributed by atoms with Gasteiger partial charge < -0.3 is 0 Å². The summed E-state index contributed by atoms with van der Waals surface area (Å²) in [5, 5.41) is 6.27. The molecule has 0 spiro atoms. The Kier molecular flexibility index (Phi) is 1.06. The molecule has 0 saturated heterocycles. The molecule has 0 aromatic carbocycles. The summed E-state index contributed by atoms with van der Waals surface area (Å²) in [6.45, 7) is 0.